The van der Waals surface area contributed by atoms with Gasteiger partial charge in [0.1, 0.15) is 5.82 Å². The van der Waals surface area contributed by atoms with Crippen LogP contribution >= 0.6 is 0 Å². The van der Waals surface area contributed by atoms with E-state index < -0.39 is 17.6 Å². The number of halogens is 4. The third-order valence-electron chi connectivity index (χ3n) is 4.42. The van der Waals surface area contributed by atoms with Crippen LogP contribution in [0.4, 0.5) is 17.6 Å². The summed E-state index contributed by atoms with van der Waals surface area (Å²) in [5.74, 6) is -1.31. The van der Waals surface area contributed by atoms with Gasteiger partial charge in [0.15, 0.2) is 0 Å². The summed E-state index contributed by atoms with van der Waals surface area (Å²) in [7, 11) is 0. The molecular weight excluding hydrogens is 324 g/mol. The Bertz CT molecular complexity index is 580. The van der Waals surface area contributed by atoms with Crippen LogP contribution in [0.2, 0.25) is 0 Å². The van der Waals surface area contributed by atoms with Gasteiger partial charge in [-0.15, -0.1) is 0 Å². The summed E-state index contributed by atoms with van der Waals surface area (Å²) in [5.41, 5.74) is -0.823. The average molecular weight is 346 g/mol. The lowest BCUT2D eigenvalue weighted by Crippen LogP contribution is -2.42. The first-order valence-corrected chi connectivity index (χ1v) is 8.06. The first kappa shape index (κ1) is 18.7. The van der Waals surface area contributed by atoms with E-state index in [2.05, 4.69) is 10.6 Å². The highest BCUT2D eigenvalue weighted by Gasteiger charge is 2.34. The Morgan fingerprint density at radius 2 is 1.75 bits per heavy atom. The normalized spacial score (nSPS) is 22.9. The number of nitrogens with one attached hydrogen (secondary N) is 2. The molecule has 1 saturated carbocycles. The fourth-order valence-corrected chi connectivity index (χ4v) is 3.17. The van der Waals surface area contributed by atoms with E-state index in [0.29, 0.717) is 5.56 Å². The van der Waals surface area contributed by atoms with E-state index in [4.69, 9.17) is 0 Å². The molecule has 1 atom stereocenters. The maximum Gasteiger partial charge on any atom is 0.419 e. The van der Waals surface area contributed by atoms with Crippen LogP contribution in [-0.2, 0) is 11.0 Å². The SMILES string of the molecule is CC(=O)NC1CCC(N[C@H](C)c2ccc(F)c(C(F)(F)F)c2)CC1. The zero-order valence-electron chi connectivity index (χ0n) is 13.7. The Morgan fingerprint density at radius 1 is 1.17 bits per heavy atom. The second-order valence-corrected chi connectivity index (χ2v) is 6.37. The molecule has 3 nitrogen and oxygen atoms in total. The van der Waals surface area contributed by atoms with Gasteiger partial charge in [0.25, 0.3) is 0 Å². The molecule has 1 aliphatic carbocycles. The summed E-state index contributed by atoms with van der Waals surface area (Å²) in [6, 6.07) is 3.14. The highest BCUT2D eigenvalue weighted by molar-refractivity contribution is 5.73. The molecule has 1 amide bonds. The molecule has 1 aromatic carbocycles. The Hall–Kier alpha value is -1.63. The molecule has 0 saturated heterocycles. The molecule has 7 heteroatoms. The standard InChI is InChI=1S/C17H22F4N2O/c1-10(12-3-8-16(18)15(9-12)17(19,20)21)22-13-4-6-14(7-5-13)23-11(2)24/h3,8-10,13-14,22H,4-7H2,1-2H3,(H,23,24)/t10-,13?,14?/m1/s1. The second kappa shape index (κ2) is 7.51. The number of benzene rings is 1. The van der Waals surface area contributed by atoms with Crippen molar-refractivity contribution in [2.45, 2.75) is 63.8 Å². The molecule has 0 spiro atoms. The molecule has 0 bridgehead atoms. The predicted octanol–water partition coefficient (Wildman–Crippen LogP) is 3.94. The van der Waals surface area contributed by atoms with Crippen LogP contribution in [0.3, 0.4) is 0 Å². The third kappa shape index (κ3) is 4.93. The number of hydrogen-bond donors (Lipinski definition) is 2. The summed E-state index contributed by atoms with van der Waals surface area (Å²) in [4.78, 5) is 11.0. The summed E-state index contributed by atoms with van der Waals surface area (Å²) in [6.07, 6.45) is -1.36. The molecule has 2 rings (SSSR count). The fourth-order valence-electron chi connectivity index (χ4n) is 3.17. The molecule has 0 radical (unpaired) electrons. The van der Waals surface area contributed by atoms with Crippen molar-refractivity contribution in [1.82, 2.24) is 10.6 Å². The zero-order valence-corrected chi connectivity index (χ0v) is 13.7. The van der Waals surface area contributed by atoms with E-state index in [1.807, 2.05) is 0 Å². The van der Waals surface area contributed by atoms with E-state index in [-0.39, 0.29) is 24.0 Å². The highest BCUT2D eigenvalue weighted by Crippen LogP contribution is 2.33. The van der Waals surface area contributed by atoms with Crippen molar-refractivity contribution in [3.8, 4) is 0 Å². The zero-order chi connectivity index (χ0) is 17.9. The molecule has 24 heavy (non-hydrogen) atoms. The van der Waals surface area contributed by atoms with E-state index in [9.17, 15) is 22.4 Å². The smallest absolute Gasteiger partial charge is 0.354 e. The van der Waals surface area contributed by atoms with Crippen molar-refractivity contribution >= 4 is 5.91 Å². The van der Waals surface area contributed by atoms with Crippen molar-refractivity contribution in [3.05, 3.63) is 35.1 Å². The molecule has 0 aliphatic heterocycles. The van der Waals surface area contributed by atoms with Crippen LogP contribution in [0.25, 0.3) is 0 Å². The summed E-state index contributed by atoms with van der Waals surface area (Å²) < 4.78 is 51.8. The van der Waals surface area contributed by atoms with Gasteiger partial charge in [0.05, 0.1) is 5.56 Å². The summed E-state index contributed by atoms with van der Waals surface area (Å²) in [5, 5.41) is 6.19. The van der Waals surface area contributed by atoms with E-state index >= 15 is 0 Å². The van der Waals surface area contributed by atoms with Gasteiger partial charge in [0, 0.05) is 25.0 Å². The van der Waals surface area contributed by atoms with E-state index in [1.54, 1.807) is 6.92 Å². The number of amides is 1. The Labute approximate surface area is 138 Å². The maximum atomic E-state index is 13.4. The summed E-state index contributed by atoms with van der Waals surface area (Å²) >= 11 is 0. The maximum absolute atomic E-state index is 13.4. The predicted molar refractivity (Wildman–Crippen MR) is 82.8 cm³/mol. The summed E-state index contributed by atoms with van der Waals surface area (Å²) in [6.45, 7) is 3.26. The number of alkyl halides is 3. The van der Waals surface area contributed by atoms with Crippen molar-refractivity contribution < 1.29 is 22.4 Å². The quantitative estimate of drug-likeness (QED) is 0.811. The van der Waals surface area contributed by atoms with Crippen molar-refractivity contribution in [2.24, 2.45) is 0 Å². The largest absolute Gasteiger partial charge is 0.419 e. The van der Waals surface area contributed by atoms with Gasteiger partial charge in [0.2, 0.25) is 5.91 Å². The van der Waals surface area contributed by atoms with Crippen molar-refractivity contribution in [2.75, 3.05) is 0 Å². The topological polar surface area (TPSA) is 41.1 Å². The lowest BCUT2D eigenvalue weighted by molar-refractivity contribution is -0.140. The second-order valence-electron chi connectivity index (χ2n) is 6.37. The Balaban J connectivity index is 1.96. The van der Waals surface area contributed by atoms with Crippen LogP contribution in [0.1, 0.15) is 56.7 Å². The van der Waals surface area contributed by atoms with Crippen molar-refractivity contribution in [1.29, 1.82) is 0 Å². The minimum Gasteiger partial charge on any atom is -0.354 e. The fraction of sp³-hybridized carbons (Fsp3) is 0.588. The minimum atomic E-state index is -4.70. The lowest BCUT2D eigenvalue weighted by Gasteiger charge is -2.31. The van der Waals surface area contributed by atoms with Crippen LogP contribution in [0, 0.1) is 5.82 Å². The van der Waals surface area contributed by atoms with E-state index in [1.165, 1.54) is 13.0 Å². The molecule has 0 heterocycles. The molecule has 0 aromatic heterocycles. The van der Waals surface area contributed by atoms with Gasteiger partial charge in [-0.25, -0.2) is 4.39 Å². The van der Waals surface area contributed by atoms with E-state index in [0.717, 1.165) is 37.8 Å². The molecule has 134 valence electrons. The number of carbonyl (C=O) groups is 1. The average Bonchev–Trinajstić information content (AvgIpc) is 2.48. The molecule has 1 aliphatic rings. The Kier molecular flexibility index (Phi) is 5.85. The first-order chi connectivity index (χ1) is 11.2. The van der Waals surface area contributed by atoms with Gasteiger partial charge >= 0.3 is 6.18 Å². The number of carbonyl (C=O) groups excluding carboxylic acids is 1. The molecular formula is C17H22F4N2O. The van der Waals surface area contributed by atoms with Gasteiger partial charge in [-0.3, -0.25) is 4.79 Å². The lowest BCUT2D eigenvalue weighted by atomic mass is 9.90. The first-order valence-electron chi connectivity index (χ1n) is 8.06. The number of hydrogen-bond acceptors (Lipinski definition) is 2. The van der Waals surface area contributed by atoms with Gasteiger partial charge < -0.3 is 10.6 Å². The monoisotopic (exact) mass is 346 g/mol. The molecule has 1 aromatic rings. The van der Waals surface area contributed by atoms with Crippen LogP contribution in [-0.4, -0.2) is 18.0 Å². The van der Waals surface area contributed by atoms with Gasteiger partial charge in [-0.1, -0.05) is 6.07 Å². The van der Waals surface area contributed by atoms with Crippen LogP contribution < -0.4 is 10.6 Å². The molecule has 2 N–H and O–H groups in total. The molecule has 1 fully saturated rings. The number of rotatable bonds is 4. The van der Waals surface area contributed by atoms with Crippen LogP contribution in [0.5, 0.6) is 0 Å². The Morgan fingerprint density at radius 3 is 2.29 bits per heavy atom. The van der Waals surface area contributed by atoms with Gasteiger partial charge in [-0.2, -0.15) is 13.2 Å². The third-order valence-corrected chi connectivity index (χ3v) is 4.42. The molecule has 0 unspecified atom stereocenters. The van der Waals surface area contributed by atoms with Crippen LogP contribution in [0.15, 0.2) is 18.2 Å². The van der Waals surface area contributed by atoms with Crippen molar-refractivity contribution in [3.63, 3.8) is 0 Å². The van der Waals surface area contributed by atoms with Gasteiger partial charge in [-0.05, 0) is 50.3 Å². The highest BCUT2D eigenvalue weighted by atomic mass is 19.4. The minimum absolute atomic E-state index is 0.0502.